The molecule has 0 unspecified atom stereocenters. The summed E-state index contributed by atoms with van der Waals surface area (Å²) in [4.78, 5) is 24.0. The maximum atomic E-state index is 12.3. The number of carbonyl (C=O) groups excluding carboxylic acids is 2. The minimum absolute atomic E-state index is 0.0670. The van der Waals surface area contributed by atoms with Gasteiger partial charge in [0.15, 0.2) is 0 Å². The maximum Gasteiger partial charge on any atom is 0.331 e. The van der Waals surface area contributed by atoms with Crippen molar-refractivity contribution in [3.63, 3.8) is 0 Å². The maximum absolute atomic E-state index is 12.3. The number of rotatable bonds is 3. The lowest BCUT2D eigenvalue weighted by molar-refractivity contribution is -0.148. The van der Waals surface area contributed by atoms with Crippen LogP contribution in [0.2, 0.25) is 0 Å². The van der Waals surface area contributed by atoms with Crippen molar-refractivity contribution >= 4 is 29.7 Å². The van der Waals surface area contributed by atoms with E-state index >= 15 is 0 Å². The predicted molar refractivity (Wildman–Crippen MR) is 108 cm³/mol. The summed E-state index contributed by atoms with van der Waals surface area (Å²) in [5.41, 5.74) is 4.04. The van der Waals surface area contributed by atoms with Gasteiger partial charge in [0.05, 0.1) is 0 Å². The van der Waals surface area contributed by atoms with E-state index in [4.69, 9.17) is 4.74 Å². The first kappa shape index (κ1) is 18.6. The van der Waals surface area contributed by atoms with Crippen molar-refractivity contribution in [2.45, 2.75) is 32.8 Å². The largest absolute Gasteiger partial charge is 0.457 e. The molecule has 0 saturated carbocycles. The highest BCUT2D eigenvalue weighted by atomic mass is 16.6. The van der Waals surface area contributed by atoms with Crippen molar-refractivity contribution in [2.24, 2.45) is 0 Å². The third kappa shape index (κ3) is 5.17. The molecule has 1 aliphatic heterocycles. The van der Waals surface area contributed by atoms with Gasteiger partial charge in [-0.1, -0.05) is 42.5 Å². The zero-order valence-corrected chi connectivity index (χ0v) is 15.8. The molecule has 1 aliphatic rings. The molecule has 138 valence electrons. The average Bonchev–Trinajstić information content (AvgIpc) is 2.60. The molecule has 27 heavy (non-hydrogen) atoms. The minimum Gasteiger partial charge on any atom is -0.457 e. The Balaban J connectivity index is 1.70. The first-order valence-corrected chi connectivity index (χ1v) is 8.91. The van der Waals surface area contributed by atoms with Crippen molar-refractivity contribution in [3.8, 4) is 0 Å². The number of fused-ring (bicyclic) bond motifs is 1. The Kier molecular flexibility index (Phi) is 5.26. The van der Waals surface area contributed by atoms with Crippen LogP contribution in [0.4, 0.5) is 5.69 Å². The van der Waals surface area contributed by atoms with Crippen LogP contribution in [0.15, 0.2) is 60.2 Å². The van der Waals surface area contributed by atoms with E-state index in [2.05, 4.69) is 5.32 Å². The molecule has 4 nitrogen and oxygen atoms in total. The van der Waals surface area contributed by atoms with Crippen LogP contribution >= 0.6 is 0 Å². The molecule has 1 amide bonds. The van der Waals surface area contributed by atoms with Crippen molar-refractivity contribution in [3.05, 3.63) is 76.9 Å². The van der Waals surface area contributed by atoms with Gasteiger partial charge in [-0.05, 0) is 55.7 Å². The van der Waals surface area contributed by atoms with Gasteiger partial charge in [-0.3, -0.25) is 4.79 Å². The zero-order valence-electron chi connectivity index (χ0n) is 15.8. The molecule has 4 heteroatoms. The summed E-state index contributed by atoms with van der Waals surface area (Å²) < 4.78 is 5.24. The van der Waals surface area contributed by atoms with Crippen LogP contribution in [0.1, 0.15) is 37.5 Å². The number of nitrogens with one attached hydrogen (secondary N) is 1. The SMILES string of the molecule is CC(C)(C)OC(=O)/C=C/c1ccc(/C=C2\Cc3ccccc3NC2=O)cc1. The van der Waals surface area contributed by atoms with Crippen LogP contribution in [-0.2, 0) is 20.7 Å². The summed E-state index contributed by atoms with van der Waals surface area (Å²) in [6, 6.07) is 15.5. The fourth-order valence-corrected chi connectivity index (χ4v) is 2.81. The fraction of sp³-hybridized carbons (Fsp3) is 0.217. The molecule has 1 N–H and O–H groups in total. The van der Waals surface area contributed by atoms with Gasteiger partial charge >= 0.3 is 5.97 Å². The van der Waals surface area contributed by atoms with Crippen LogP contribution in [0.5, 0.6) is 0 Å². The Morgan fingerprint density at radius 2 is 1.70 bits per heavy atom. The summed E-state index contributed by atoms with van der Waals surface area (Å²) in [6.45, 7) is 5.50. The number of amides is 1. The average molecular weight is 361 g/mol. The van der Waals surface area contributed by atoms with E-state index in [1.54, 1.807) is 6.08 Å². The molecule has 0 fully saturated rings. The van der Waals surface area contributed by atoms with Gasteiger partial charge in [0.1, 0.15) is 5.60 Å². The molecule has 0 radical (unpaired) electrons. The first-order chi connectivity index (χ1) is 12.8. The normalized spacial score (nSPS) is 15.5. The highest BCUT2D eigenvalue weighted by Gasteiger charge is 2.19. The number of carbonyl (C=O) groups is 2. The summed E-state index contributed by atoms with van der Waals surface area (Å²) in [6.07, 6.45) is 5.65. The number of benzene rings is 2. The molecule has 3 rings (SSSR count). The number of ether oxygens (including phenoxy) is 1. The van der Waals surface area contributed by atoms with Crippen molar-refractivity contribution < 1.29 is 14.3 Å². The van der Waals surface area contributed by atoms with E-state index in [-0.39, 0.29) is 11.9 Å². The van der Waals surface area contributed by atoms with Crippen LogP contribution < -0.4 is 5.32 Å². The Labute approximate surface area is 159 Å². The predicted octanol–water partition coefficient (Wildman–Crippen LogP) is 4.62. The van der Waals surface area contributed by atoms with Crippen molar-refractivity contribution in [2.75, 3.05) is 5.32 Å². The summed E-state index contributed by atoms with van der Waals surface area (Å²) >= 11 is 0. The Morgan fingerprint density at radius 3 is 2.41 bits per heavy atom. The third-order valence-corrected chi connectivity index (χ3v) is 4.03. The number of para-hydroxylation sites is 1. The van der Waals surface area contributed by atoms with E-state index in [1.807, 2.05) is 75.4 Å². The molecule has 0 spiro atoms. The van der Waals surface area contributed by atoms with Gasteiger partial charge in [0, 0.05) is 23.8 Å². The molecule has 0 saturated heterocycles. The van der Waals surface area contributed by atoms with Crippen LogP contribution in [0.25, 0.3) is 12.2 Å². The molecular weight excluding hydrogens is 338 g/mol. The highest BCUT2D eigenvalue weighted by Crippen LogP contribution is 2.26. The van der Waals surface area contributed by atoms with E-state index in [0.717, 1.165) is 28.0 Å². The molecule has 2 aromatic rings. The van der Waals surface area contributed by atoms with Gasteiger partial charge in [0.25, 0.3) is 5.91 Å². The first-order valence-electron chi connectivity index (χ1n) is 8.91. The van der Waals surface area contributed by atoms with E-state index in [9.17, 15) is 9.59 Å². The van der Waals surface area contributed by atoms with Crippen molar-refractivity contribution in [1.82, 2.24) is 0 Å². The smallest absolute Gasteiger partial charge is 0.331 e. The molecular formula is C23H23NO3. The number of hydrogen-bond donors (Lipinski definition) is 1. The lowest BCUT2D eigenvalue weighted by Gasteiger charge is -2.19. The Morgan fingerprint density at radius 1 is 1.04 bits per heavy atom. The molecule has 0 aliphatic carbocycles. The van der Waals surface area contributed by atoms with Gasteiger partial charge in [-0.15, -0.1) is 0 Å². The second kappa shape index (κ2) is 7.62. The fourth-order valence-electron chi connectivity index (χ4n) is 2.81. The van der Waals surface area contributed by atoms with E-state index in [1.165, 1.54) is 6.08 Å². The number of anilines is 1. The Hall–Kier alpha value is -3.14. The van der Waals surface area contributed by atoms with Gasteiger partial charge in [-0.2, -0.15) is 0 Å². The third-order valence-electron chi connectivity index (χ3n) is 4.03. The van der Waals surface area contributed by atoms with E-state index in [0.29, 0.717) is 6.42 Å². The molecule has 0 aromatic heterocycles. The lowest BCUT2D eigenvalue weighted by Crippen LogP contribution is -2.22. The molecule has 1 heterocycles. The van der Waals surface area contributed by atoms with Gasteiger partial charge in [0.2, 0.25) is 0 Å². The summed E-state index contributed by atoms with van der Waals surface area (Å²) in [5.74, 6) is -0.436. The second-order valence-electron chi connectivity index (χ2n) is 7.49. The summed E-state index contributed by atoms with van der Waals surface area (Å²) in [5, 5.41) is 2.92. The number of esters is 1. The molecule has 2 aromatic carbocycles. The topological polar surface area (TPSA) is 55.4 Å². The van der Waals surface area contributed by atoms with Gasteiger partial charge in [-0.25, -0.2) is 4.79 Å². The Bertz CT molecular complexity index is 915. The second-order valence-corrected chi connectivity index (χ2v) is 7.49. The highest BCUT2D eigenvalue weighted by molar-refractivity contribution is 6.09. The van der Waals surface area contributed by atoms with Crippen LogP contribution in [-0.4, -0.2) is 17.5 Å². The van der Waals surface area contributed by atoms with E-state index < -0.39 is 5.60 Å². The van der Waals surface area contributed by atoms with Crippen LogP contribution in [0.3, 0.4) is 0 Å². The minimum atomic E-state index is -0.503. The summed E-state index contributed by atoms with van der Waals surface area (Å²) in [7, 11) is 0. The quantitative estimate of drug-likeness (QED) is 0.641. The van der Waals surface area contributed by atoms with Crippen molar-refractivity contribution in [1.29, 1.82) is 0 Å². The zero-order chi connectivity index (χ0) is 19.4. The monoisotopic (exact) mass is 361 g/mol. The van der Waals surface area contributed by atoms with Gasteiger partial charge < -0.3 is 10.1 Å². The standard InChI is InChI=1S/C23H23NO3/c1-23(2,3)27-21(25)13-12-16-8-10-17(11-9-16)14-19-15-18-6-4-5-7-20(18)24-22(19)26/h4-14H,15H2,1-3H3,(H,24,26)/b13-12+,19-14+. The lowest BCUT2D eigenvalue weighted by atomic mass is 9.96. The molecule has 0 bridgehead atoms. The van der Waals surface area contributed by atoms with Crippen LogP contribution in [0, 0.1) is 0 Å². The number of hydrogen-bond acceptors (Lipinski definition) is 3. The molecule has 0 atom stereocenters.